The van der Waals surface area contributed by atoms with Crippen LogP contribution in [0.25, 0.3) is 0 Å². The number of carboxylic acids is 1. The number of methoxy groups -OCH3 is 1. The van der Waals surface area contributed by atoms with E-state index in [9.17, 15) is 24.8 Å². The summed E-state index contributed by atoms with van der Waals surface area (Å²) in [6.07, 6.45) is 0. The number of rotatable bonds is 7. The molecule has 3 N–H and O–H groups in total. The summed E-state index contributed by atoms with van der Waals surface area (Å²) in [6, 6.07) is 6.37. The number of nitrogens with zero attached hydrogens (tertiary/aromatic N) is 1. The van der Waals surface area contributed by atoms with Crippen LogP contribution in [-0.2, 0) is 20.9 Å². The normalized spacial score (nSPS) is 14.7. The fraction of sp³-hybridized carbons (Fsp3) is 0.429. The zero-order valence-corrected chi connectivity index (χ0v) is 12.3. The Morgan fingerprint density at radius 2 is 1.95 bits per heavy atom. The lowest BCUT2D eigenvalue weighted by Gasteiger charge is -2.29. The summed E-state index contributed by atoms with van der Waals surface area (Å²) in [5, 5.41) is 20.4. The predicted molar refractivity (Wildman–Crippen MR) is 76.7 cm³/mol. The van der Waals surface area contributed by atoms with Crippen molar-refractivity contribution in [2.45, 2.75) is 19.4 Å². The molecule has 0 heterocycles. The van der Waals surface area contributed by atoms with Crippen LogP contribution in [0, 0.1) is 15.5 Å². The van der Waals surface area contributed by atoms with E-state index in [1.165, 1.54) is 0 Å². The molecule has 1 aromatic rings. The molecule has 0 aromatic heterocycles. The van der Waals surface area contributed by atoms with Gasteiger partial charge in [-0.25, -0.2) is 0 Å². The first-order chi connectivity index (χ1) is 10.3. The van der Waals surface area contributed by atoms with E-state index in [1.807, 2.05) is 0 Å². The van der Waals surface area contributed by atoms with E-state index in [2.05, 4.69) is 4.74 Å². The number of nitro groups is 1. The molecular formula is C14H18N2O6. The van der Waals surface area contributed by atoms with Crippen LogP contribution < -0.4 is 5.73 Å². The van der Waals surface area contributed by atoms with Gasteiger partial charge in [-0.3, -0.25) is 19.7 Å². The molecule has 0 amide bonds. The number of hydrogen-bond donors (Lipinski definition) is 2. The van der Waals surface area contributed by atoms with E-state index >= 15 is 0 Å². The molecule has 8 nitrogen and oxygen atoms in total. The van der Waals surface area contributed by atoms with Gasteiger partial charge in [-0.15, -0.1) is 0 Å². The lowest BCUT2D eigenvalue weighted by Crippen LogP contribution is -2.45. The van der Waals surface area contributed by atoms with Crippen LogP contribution in [0.4, 0.5) is 0 Å². The molecule has 1 rings (SSSR count). The molecule has 2 unspecified atom stereocenters. The first-order valence-electron chi connectivity index (χ1n) is 6.49. The van der Waals surface area contributed by atoms with Crippen molar-refractivity contribution in [2.75, 3.05) is 13.7 Å². The number of hydrogen-bond acceptors (Lipinski definition) is 6. The van der Waals surface area contributed by atoms with Crippen LogP contribution in [0.3, 0.4) is 0 Å². The van der Waals surface area contributed by atoms with Crippen molar-refractivity contribution in [1.29, 1.82) is 0 Å². The fourth-order valence-electron chi connectivity index (χ4n) is 2.25. The van der Waals surface area contributed by atoms with Crippen LogP contribution in [0.5, 0.6) is 0 Å². The standard InChI is InChI=1S/C14H18N2O6/c1-14(12(17)18,13(19)22-2)11(8-16(20)21)10-5-3-9(7-15)4-6-10/h3-6,11H,7-8,15H2,1-2H3,(H,17,18). The molecule has 0 saturated carbocycles. The van der Waals surface area contributed by atoms with E-state index in [4.69, 9.17) is 5.73 Å². The second kappa shape index (κ2) is 6.99. The average molecular weight is 310 g/mol. The number of esters is 1. The number of ether oxygens (including phenoxy) is 1. The molecule has 8 heteroatoms. The van der Waals surface area contributed by atoms with Gasteiger partial charge >= 0.3 is 11.9 Å². The van der Waals surface area contributed by atoms with Crippen molar-refractivity contribution in [1.82, 2.24) is 0 Å². The first-order valence-corrected chi connectivity index (χ1v) is 6.49. The van der Waals surface area contributed by atoms with Gasteiger partial charge in [-0.1, -0.05) is 24.3 Å². The van der Waals surface area contributed by atoms with Gasteiger partial charge in [0.05, 0.1) is 13.0 Å². The zero-order chi connectivity index (χ0) is 16.9. The Hall–Kier alpha value is -2.48. The SMILES string of the molecule is COC(=O)C(C)(C(=O)O)C(C[N+](=O)[O-])c1ccc(CN)cc1. The van der Waals surface area contributed by atoms with Crippen molar-refractivity contribution in [3.63, 3.8) is 0 Å². The quantitative estimate of drug-likeness (QED) is 0.329. The minimum atomic E-state index is -2.06. The Kier molecular flexibility index (Phi) is 5.58. The van der Waals surface area contributed by atoms with E-state index in [0.29, 0.717) is 5.56 Å². The molecule has 2 atom stereocenters. The number of benzene rings is 1. The number of carbonyl (C=O) groups is 2. The van der Waals surface area contributed by atoms with Gasteiger partial charge in [0.25, 0.3) is 0 Å². The maximum Gasteiger partial charge on any atom is 0.323 e. The molecule has 0 aliphatic rings. The topological polar surface area (TPSA) is 133 Å². The highest BCUT2D eigenvalue weighted by molar-refractivity contribution is 5.99. The smallest absolute Gasteiger partial charge is 0.323 e. The fourth-order valence-corrected chi connectivity index (χ4v) is 2.25. The second-order valence-corrected chi connectivity index (χ2v) is 5.01. The third-order valence-corrected chi connectivity index (χ3v) is 3.70. The van der Waals surface area contributed by atoms with Crippen LogP contribution in [-0.4, -0.2) is 35.6 Å². The van der Waals surface area contributed by atoms with Gasteiger partial charge in [-0.2, -0.15) is 0 Å². The van der Waals surface area contributed by atoms with Crippen LogP contribution >= 0.6 is 0 Å². The molecule has 22 heavy (non-hydrogen) atoms. The maximum absolute atomic E-state index is 11.9. The summed E-state index contributed by atoms with van der Waals surface area (Å²) in [6.45, 7) is 0.708. The summed E-state index contributed by atoms with van der Waals surface area (Å²) < 4.78 is 4.54. The highest BCUT2D eigenvalue weighted by Crippen LogP contribution is 2.38. The lowest BCUT2D eigenvalue weighted by atomic mass is 9.73. The summed E-state index contributed by atoms with van der Waals surface area (Å²) >= 11 is 0. The Balaban J connectivity index is 3.38. The Labute approximate surface area is 127 Å². The molecule has 0 radical (unpaired) electrons. The first kappa shape index (κ1) is 17.6. The molecule has 0 aliphatic heterocycles. The minimum Gasteiger partial charge on any atom is -0.480 e. The minimum absolute atomic E-state index is 0.285. The summed E-state index contributed by atoms with van der Waals surface area (Å²) in [4.78, 5) is 33.8. The van der Waals surface area contributed by atoms with Gasteiger partial charge in [-0.05, 0) is 18.1 Å². The predicted octanol–water partition coefficient (Wildman–Crippen LogP) is 0.769. The van der Waals surface area contributed by atoms with Gasteiger partial charge in [0, 0.05) is 11.5 Å². The largest absolute Gasteiger partial charge is 0.480 e. The monoisotopic (exact) mass is 310 g/mol. The number of carbonyl (C=O) groups excluding carboxylic acids is 1. The lowest BCUT2D eigenvalue weighted by molar-refractivity contribution is -0.485. The van der Waals surface area contributed by atoms with Gasteiger partial charge in [0.2, 0.25) is 6.54 Å². The van der Waals surface area contributed by atoms with E-state index in [-0.39, 0.29) is 6.54 Å². The molecule has 0 saturated heterocycles. The molecule has 1 aromatic carbocycles. The van der Waals surface area contributed by atoms with Gasteiger partial charge in [0.15, 0.2) is 5.41 Å². The Morgan fingerprint density at radius 1 is 1.41 bits per heavy atom. The van der Waals surface area contributed by atoms with E-state index in [0.717, 1.165) is 19.6 Å². The third-order valence-electron chi connectivity index (χ3n) is 3.70. The molecule has 0 bridgehead atoms. The van der Waals surface area contributed by atoms with Crippen molar-refractivity contribution >= 4 is 11.9 Å². The van der Waals surface area contributed by atoms with E-state index in [1.54, 1.807) is 24.3 Å². The van der Waals surface area contributed by atoms with Gasteiger partial charge < -0.3 is 15.6 Å². The van der Waals surface area contributed by atoms with Crippen molar-refractivity contribution < 1.29 is 24.4 Å². The summed E-state index contributed by atoms with van der Waals surface area (Å²) in [5.74, 6) is -3.68. The third kappa shape index (κ3) is 3.40. The van der Waals surface area contributed by atoms with Crippen molar-refractivity contribution in [3.05, 3.63) is 45.5 Å². The second-order valence-electron chi connectivity index (χ2n) is 5.01. The average Bonchev–Trinajstić information content (AvgIpc) is 2.50. The number of carboxylic acid groups (broad SMARTS) is 1. The zero-order valence-electron chi connectivity index (χ0n) is 12.3. The van der Waals surface area contributed by atoms with Crippen LogP contribution in [0.1, 0.15) is 24.0 Å². The Bertz CT molecular complexity index is 571. The van der Waals surface area contributed by atoms with E-state index < -0.39 is 34.7 Å². The number of nitrogens with two attached hydrogens (primary N) is 1. The van der Waals surface area contributed by atoms with Crippen LogP contribution in [0.2, 0.25) is 0 Å². The maximum atomic E-state index is 11.9. The molecule has 0 fully saturated rings. The molecule has 0 spiro atoms. The number of aliphatic carboxylic acids is 1. The van der Waals surface area contributed by atoms with Crippen molar-refractivity contribution in [3.8, 4) is 0 Å². The summed E-state index contributed by atoms with van der Waals surface area (Å²) in [7, 11) is 1.05. The van der Waals surface area contributed by atoms with Crippen LogP contribution in [0.15, 0.2) is 24.3 Å². The highest BCUT2D eigenvalue weighted by atomic mass is 16.6. The highest BCUT2D eigenvalue weighted by Gasteiger charge is 2.52. The molecular weight excluding hydrogens is 292 g/mol. The Morgan fingerprint density at radius 3 is 2.32 bits per heavy atom. The molecule has 120 valence electrons. The van der Waals surface area contributed by atoms with Gasteiger partial charge in [0.1, 0.15) is 0 Å². The molecule has 0 aliphatic carbocycles. The summed E-state index contributed by atoms with van der Waals surface area (Å²) in [5.41, 5.74) is 4.58. The van der Waals surface area contributed by atoms with Crippen molar-refractivity contribution in [2.24, 2.45) is 11.1 Å².